The van der Waals surface area contributed by atoms with E-state index in [4.69, 9.17) is 15.7 Å². The highest BCUT2D eigenvalue weighted by Gasteiger charge is 2.12. The van der Waals surface area contributed by atoms with E-state index < -0.39 is 6.04 Å². The highest BCUT2D eigenvalue weighted by atomic mass is 19.1. The summed E-state index contributed by atoms with van der Waals surface area (Å²) in [6, 6.07) is 5.51. The van der Waals surface area contributed by atoms with E-state index >= 15 is 0 Å². The van der Waals surface area contributed by atoms with E-state index in [-0.39, 0.29) is 12.2 Å². The molecule has 0 aliphatic heterocycles. The maximum atomic E-state index is 12.9. The second kappa shape index (κ2) is 4.58. The van der Waals surface area contributed by atoms with Gasteiger partial charge in [-0.2, -0.15) is 5.26 Å². The fraction of sp³-hybridized carbons (Fsp3) is 0.300. The van der Waals surface area contributed by atoms with Crippen molar-refractivity contribution in [1.82, 2.24) is 0 Å². The van der Waals surface area contributed by atoms with Gasteiger partial charge < -0.3 is 10.5 Å². The molecule has 0 radical (unpaired) electrons. The second-order valence-electron chi connectivity index (χ2n) is 2.86. The van der Waals surface area contributed by atoms with Crippen LogP contribution in [0.1, 0.15) is 18.0 Å². The lowest BCUT2D eigenvalue weighted by atomic mass is 10.0. The molecule has 0 aromatic heterocycles. The first-order chi connectivity index (χ1) is 6.69. The first kappa shape index (κ1) is 10.5. The van der Waals surface area contributed by atoms with E-state index in [1.165, 1.54) is 25.3 Å². The molecule has 0 heterocycles. The second-order valence-corrected chi connectivity index (χ2v) is 2.86. The summed E-state index contributed by atoms with van der Waals surface area (Å²) in [7, 11) is 1.48. The molecule has 0 spiro atoms. The summed E-state index contributed by atoms with van der Waals surface area (Å²) >= 11 is 0. The van der Waals surface area contributed by atoms with E-state index in [1.807, 2.05) is 6.07 Å². The molecule has 1 unspecified atom stereocenters. The molecule has 0 saturated heterocycles. The highest BCUT2D eigenvalue weighted by Crippen LogP contribution is 2.25. The van der Waals surface area contributed by atoms with Crippen molar-refractivity contribution in [3.63, 3.8) is 0 Å². The lowest BCUT2D eigenvalue weighted by Gasteiger charge is -2.12. The van der Waals surface area contributed by atoms with E-state index in [0.29, 0.717) is 11.3 Å². The Kier molecular flexibility index (Phi) is 3.43. The maximum absolute atomic E-state index is 12.9. The number of nitriles is 1. The van der Waals surface area contributed by atoms with Crippen LogP contribution in [-0.4, -0.2) is 7.11 Å². The quantitative estimate of drug-likeness (QED) is 0.797. The summed E-state index contributed by atoms with van der Waals surface area (Å²) < 4.78 is 17.9. The van der Waals surface area contributed by atoms with Gasteiger partial charge in [-0.05, 0) is 18.2 Å². The molecule has 3 nitrogen and oxygen atoms in total. The fourth-order valence-electron chi connectivity index (χ4n) is 1.20. The summed E-state index contributed by atoms with van der Waals surface area (Å²) in [5, 5.41) is 8.47. The average molecular weight is 194 g/mol. The van der Waals surface area contributed by atoms with Crippen LogP contribution in [0, 0.1) is 17.1 Å². The third-order valence-electron chi connectivity index (χ3n) is 1.90. The van der Waals surface area contributed by atoms with E-state index in [0.717, 1.165) is 0 Å². The summed E-state index contributed by atoms with van der Waals surface area (Å²) in [4.78, 5) is 0. The first-order valence-corrected chi connectivity index (χ1v) is 4.15. The van der Waals surface area contributed by atoms with Gasteiger partial charge in [-0.3, -0.25) is 0 Å². The first-order valence-electron chi connectivity index (χ1n) is 4.15. The lowest BCUT2D eigenvalue weighted by Crippen LogP contribution is -2.11. The molecule has 2 N–H and O–H groups in total. The van der Waals surface area contributed by atoms with Gasteiger partial charge in [0.1, 0.15) is 11.6 Å². The Morgan fingerprint density at radius 2 is 2.36 bits per heavy atom. The summed E-state index contributed by atoms with van der Waals surface area (Å²) in [5.41, 5.74) is 6.20. The van der Waals surface area contributed by atoms with Crippen LogP contribution in [0.15, 0.2) is 18.2 Å². The Bertz CT molecular complexity index is 360. The normalized spacial score (nSPS) is 11.9. The molecule has 1 rings (SSSR count). The van der Waals surface area contributed by atoms with Crippen LogP contribution >= 0.6 is 0 Å². The molecule has 1 atom stereocenters. The van der Waals surface area contributed by atoms with Crippen molar-refractivity contribution in [3.05, 3.63) is 29.6 Å². The van der Waals surface area contributed by atoms with Crippen molar-refractivity contribution < 1.29 is 9.13 Å². The molecule has 0 fully saturated rings. The third-order valence-corrected chi connectivity index (χ3v) is 1.90. The standard InChI is InChI=1S/C10H11FN2O/c1-14-10-3-2-7(11)6-8(10)9(13)4-5-12/h2-3,6,9H,4,13H2,1H3. The number of hydrogen-bond acceptors (Lipinski definition) is 3. The lowest BCUT2D eigenvalue weighted by molar-refractivity contribution is 0.404. The van der Waals surface area contributed by atoms with Crippen LogP contribution in [0.5, 0.6) is 5.75 Å². The predicted octanol–water partition coefficient (Wildman–Crippen LogP) is 1.75. The largest absolute Gasteiger partial charge is 0.496 e. The van der Waals surface area contributed by atoms with Gasteiger partial charge in [-0.15, -0.1) is 0 Å². The maximum Gasteiger partial charge on any atom is 0.123 e. The minimum atomic E-state index is -0.509. The Balaban J connectivity index is 3.04. The Morgan fingerprint density at radius 1 is 1.64 bits per heavy atom. The highest BCUT2D eigenvalue weighted by molar-refractivity contribution is 5.36. The van der Waals surface area contributed by atoms with Crippen LogP contribution < -0.4 is 10.5 Å². The van der Waals surface area contributed by atoms with Crippen molar-refractivity contribution in [2.75, 3.05) is 7.11 Å². The van der Waals surface area contributed by atoms with Crippen molar-refractivity contribution in [2.24, 2.45) is 5.73 Å². The van der Waals surface area contributed by atoms with Crippen LogP contribution in [0.25, 0.3) is 0 Å². The van der Waals surface area contributed by atoms with E-state index in [9.17, 15) is 4.39 Å². The summed E-state index contributed by atoms with van der Waals surface area (Å²) in [6.45, 7) is 0. The molecule has 0 aliphatic rings. The van der Waals surface area contributed by atoms with Gasteiger partial charge in [0.2, 0.25) is 0 Å². The smallest absolute Gasteiger partial charge is 0.123 e. The summed E-state index contributed by atoms with van der Waals surface area (Å²) in [6.07, 6.45) is 0.139. The number of methoxy groups -OCH3 is 1. The van der Waals surface area contributed by atoms with Crippen molar-refractivity contribution in [2.45, 2.75) is 12.5 Å². The van der Waals surface area contributed by atoms with E-state index in [1.54, 1.807) is 0 Å². The molecule has 0 bridgehead atoms. The average Bonchev–Trinajstić information content (AvgIpc) is 2.18. The SMILES string of the molecule is COc1ccc(F)cc1C(N)CC#N. The summed E-state index contributed by atoms with van der Waals surface area (Å²) in [5.74, 6) is 0.128. The van der Waals surface area contributed by atoms with Gasteiger partial charge in [0.05, 0.1) is 19.6 Å². The number of benzene rings is 1. The van der Waals surface area contributed by atoms with Gasteiger partial charge in [-0.1, -0.05) is 0 Å². The zero-order chi connectivity index (χ0) is 10.6. The van der Waals surface area contributed by atoms with Crippen LogP contribution in [0.4, 0.5) is 4.39 Å². The van der Waals surface area contributed by atoms with Gasteiger partial charge in [0, 0.05) is 11.6 Å². The Morgan fingerprint density at radius 3 is 2.93 bits per heavy atom. The molecule has 1 aromatic carbocycles. The minimum absolute atomic E-state index is 0.139. The molecule has 4 heteroatoms. The Labute approximate surface area is 81.9 Å². The monoisotopic (exact) mass is 194 g/mol. The number of ether oxygens (including phenoxy) is 1. The van der Waals surface area contributed by atoms with Crippen LogP contribution in [0.3, 0.4) is 0 Å². The molecule has 74 valence electrons. The molecule has 0 saturated carbocycles. The number of hydrogen-bond donors (Lipinski definition) is 1. The van der Waals surface area contributed by atoms with Crippen LogP contribution in [0.2, 0.25) is 0 Å². The molecular weight excluding hydrogens is 183 g/mol. The van der Waals surface area contributed by atoms with Gasteiger partial charge in [-0.25, -0.2) is 4.39 Å². The zero-order valence-corrected chi connectivity index (χ0v) is 7.83. The zero-order valence-electron chi connectivity index (χ0n) is 7.83. The molecule has 0 aliphatic carbocycles. The van der Waals surface area contributed by atoms with Crippen molar-refractivity contribution >= 4 is 0 Å². The number of rotatable bonds is 3. The van der Waals surface area contributed by atoms with Gasteiger partial charge in [0.15, 0.2) is 0 Å². The van der Waals surface area contributed by atoms with Crippen molar-refractivity contribution in [1.29, 1.82) is 5.26 Å². The topological polar surface area (TPSA) is 59.0 Å². The Hall–Kier alpha value is -1.60. The van der Waals surface area contributed by atoms with Gasteiger partial charge in [0.25, 0.3) is 0 Å². The number of nitrogens with two attached hydrogens (primary N) is 1. The molecule has 0 amide bonds. The fourth-order valence-corrected chi connectivity index (χ4v) is 1.20. The number of halogens is 1. The van der Waals surface area contributed by atoms with Crippen molar-refractivity contribution in [3.8, 4) is 11.8 Å². The van der Waals surface area contributed by atoms with E-state index in [2.05, 4.69) is 0 Å². The van der Waals surface area contributed by atoms with Gasteiger partial charge >= 0.3 is 0 Å². The minimum Gasteiger partial charge on any atom is -0.496 e. The molecular formula is C10H11FN2O. The third kappa shape index (κ3) is 2.21. The predicted molar refractivity (Wildman–Crippen MR) is 50.1 cm³/mol. The van der Waals surface area contributed by atoms with Crippen LogP contribution in [-0.2, 0) is 0 Å². The molecule has 1 aromatic rings. The molecule has 14 heavy (non-hydrogen) atoms. The number of nitrogens with zero attached hydrogens (tertiary/aromatic N) is 1.